The van der Waals surface area contributed by atoms with Gasteiger partial charge in [-0.05, 0) is 51.4 Å². The summed E-state index contributed by atoms with van der Waals surface area (Å²) in [6.45, 7) is 12.5. The molecule has 0 bridgehead atoms. The minimum atomic E-state index is 0. The standard InChI is InChI=1S/C19H41ClN.BrH/c1-4-7-11-16-21(17-12-8-5-2,18-13-9-6-3)19-14-10-15-20;/h4-19H2,1-3H3;1H/q+1;/p-1. The molecule has 0 aliphatic rings. The Bertz CT molecular complexity index is 166. The first-order valence-electron chi connectivity index (χ1n) is 9.65. The Labute approximate surface area is 156 Å². The Morgan fingerprint density at radius 2 is 0.864 bits per heavy atom. The summed E-state index contributed by atoms with van der Waals surface area (Å²) in [6.07, 6.45) is 15.0. The van der Waals surface area contributed by atoms with Crippen molar-refractivity contribution in [1.82, 2.24) is 0 Å². The van der Waals surface area contributed by atoms with Gasteiger partial charge in [-0.3, -0.25) is 0 Å². The van der Waals surface area contributed by atoms with E-state index in [1.165, 1.54) is 101 Å². The number of hydrogen-bond donors (Lipinski definition) is 0. The second-order valence-corrected chi connectivity index (χ2v) is 7.13. The molecular formula is C19H41BrClN. The average molecular weight is 399 g/mol. The third-order valence-corrected chi connectivity index (χ3v) is 4.99. The van der Waals surface area contributed by atoms with Gasteiger partial charge in [0, 0.05) is 5.88 Å². The number of rotatable bonds is 16. The molecule has 0 atom stereocenters. The van der Waals surface area contributed by atoms with Gasteiger partial charge in [0.15, 0.2) is 0 Å². The fourth-order valence-corrected chi connectivity index (χ4v) is 3.49. The predicted octanol–water partition coefficient (Wildman–Crippen LogP) is 3.40. The minimum absolute atomic E-state index is 0. The Morgan fingerprint density at radius 3 is 1.14 bits per heavy atom. The molecule has 0 aromatic heterocycles. The summed E-state index contributed by atoms with van der Waals surface area (Å²) in [7, 11) is 0. The van der Waals surface area contributed by atoms with Gasteiger partial charge in [-0.25, -0.2) is 0 Å². The van der Waals surface area contributed by atoms with Crippen LogP contribution in [0, 0.1) is 0 Å². The monoisotopic (exact) mass is 397 g/mol. The molecule has 0 saturated heterocycles. The summed E-state index contributed by atoms with van der Waals surface area (Å²) in [5.41, 5.74) is 0. The van der Waals surface area contributed by atoms with E-state index in [9.17, 15) is 0 Å². The average Bonchev–Trinajstić information content (AvgIpc) is 2.48. The summed E-state index contributed by atoms with van der Waals surface area (Å²) >= 11 is 5.90. The molecule has 22 heavy (non-hydrogen) atoms. The quantitative estimate of drug-likeness (QED) is 0.212. The van der Waals surface area contributed by atoms with E-state index in [2.05, 4.69) is 20.8 Å². The van der Waals surface area contributed by atoms with Gasteiger partial charge >= 0.3 is 0 Å². The van der Waals surface area contributed by atoms with Gasteiger partial charge in [0.25, 0.3) is 0 Å². The molecule has 0 N–H and O–H groups in total. The number of halogens is 2. The van der Waals surface area contributed by atoms with Crippen molar-refractivity contribution in [3.63, 3.8) is 0 Å². The van der Waals surface area contributed by atoms with Crippen LogP contribution in [0.3, 0.4) is 0 Å². The highest BCUT2D eigenvalue weighted by molar-refractivity contribution is 6.17. The molecule has 3 heteroatoms. The van der Waals surface area contributed by atoms with Crippen LogP contribution in [0.1, 0.15) is 91.4 Å². The Hall–Kier alpha value is 0.730. The first-order chi connectivity index (χ1) is 10.2. The lowest BCUT2D eigenvalue weighted by molar-refractivity contribution is -0.929. The molecule has 136 valence electrons. The molecular weight excluding hydrogens is 358 g/mol. The van der Waals surface area contributed by atoms with E-state index in [1.807, 2.05) is 0 Å². The Balaban J connectivity index is 0. The van der Waals surface area contributed by atoms with Crippen molar-refractivity contribution >= 4 is 11.6 Å². The van der Waals surface area contributed by atoms with Crippen LogP contribution in [-0.2, 0) is 0 Å². The van der Waals surface area contributed by atoms with Crippen molar-refractivity contribution in [1.29, 1.82) is 0 Å². The SMILES string of the molecule is CCCCC[N+](CCCCC)(CCCCC)CCCCCl.[Br-]. The number of unbranched alkanes of at least 4 members (excludes halogenated alkanes) is 7. The molecule has 0 aliphatic carbocycles. The fraction of sp³-hybridized carbons (Fsp3) is 1.00. The van der Waals surface area contributed by atoms with Crippen LogP contribution in [0.15, 0.2) is 0 Å². The van der Waals surface area contributed by atoms with E-state index in [0.29, 0.717) is 0 Å². The number of nitrogens with zero attached hydrogens (tertiary/aromatic N) is 1. The fourth-order valence-electron chi connectivity index (χ4n) is 3.30. The van der Waals surface area contributed by atoms with Gasteiger partial charge in [0.1, 0.15) is 0 Å². The van der Waals surface area contributed by atoms with Crippen molar-refractivity contribution in [2.75, 3.05) is 32.1 Å². The second-order valence-electron chi connectivity index (χ2n) is 6.75. The Morgan fingerprint density at radius 1 is 0.545 bits per heavy atom. The third kappa shape index (κ3) is 13.2. The van der Waals surface area contributed by atoms with Crippen molar-refractivity contribution < 1.29 is 21.5 Å². The van der Waals surface area contributed by atoms with Crippen LogP contribution < -0.4 is 17.0 Å². The zero-order valence-electron chi connectivity index (χ0n) is 15.5. The van der Waals surface area contributed by atoms with Crippen molar-refractivity contribution in [3.05, 3.63) is 0 Å². The molecule has 0 rings (SSSR count). The van der Waals surface area contributed by atoms with E-state index < -0.39 is 0 Å². The molecule has 0 fully saturated rings. The third-order valence-electron chi connectivity index (χ3n) is 4.72. The zero-order chi connectivity index (χ0) is 15.8. The lowest BCUT2D eigenvalue weighted by Crippen LogP contribution is -3.00. The van der Waals surface area contributed by atoms with Gasteiger partial charge in [0.2, 0.25) is 0 Å². The van der Waals surface area contributed by atoms with Gasteiger partial charge in [-0.2, -0.15) is 0 Å². The second kappa shape index (κ2) is 18.1. The normalized spacial score (nSPS) is 11.5. The van der Waals surface area contributed by atoms with Crippen LogP contribution in [0.2, 0.25) is 0 Å². The topological polar surface area (TPSA) is 0 Å². The number of hydrogen-bond acceptors (Lipinski definition) is 0. The summed E-state index contributed by atoms with van der Waals surface area (Å²) in [5, 5.41) is 0. The van der Waals surface area contributed by atoms with Crippen LogP contribution in [-0.4, -0.2) is 36.5 Å². The molecule has 0 amide bonds. The van der Waals surface area contributed by atoms with Crippen LogP contribution in [0.25, 0.3) is 0 Å². The molecule has 0 unspecified atom stereocenters. The highest BCUT2D eigenvalue weighted by Crippen LogP contribution is 2.18. The lowest BCUT2D eigenvalue weighted by Gasteiger charge is -2.39. The molecule has 0 saturated carbocycles. The van der Waals surface area contributed by atoms with Crippen LogP contribution in [0.5, 0.6) is 0 Å². The van der Waals surface area contributed by atoms with E-state index in [1.54, 1.807) is 0 Å². The predicted molar refractivity (Wildman–Crippen MR) is 98.3 cm³/mol. The molecule has 0 spiro atoms. The molecule has 0 aromatic carbocycles. The summed E-state index contributed by atoms with van der Waals surface area (Å²) in [6, 6.07) is 0. The van der Waals surface area contributed by atoms with Gasteiger partial charge < -0.3 is 21.5 Å². The summed E-state index contributed by atoms with van der Waals surface area (Å²) < 4.78 is 1.39. The molecule has 0 heterocycles. The van der Waals surface area contributed by atoms with E-state index in [0.717, 1.165) is 5.88 Å². The van der Waals surface area contributed by atoms with E-state index >= 15 is 0 Å². The van der Waals surface area contributed by atoms with E-state index in [-0.39, 0.29) is 17.0 Å². The smallest absolute Gasteiger partial charge is 0.0787 e. The largest absolute Gasteiger partial charge is 1.00 e. The molecule has 1 nitrogen and oxygen atoms in total. The lowest BCUT2D eigenvalue weighted by atomic mass is 10.1. The summed E-state index contributed by atoms with van der Waals surface area (Å²) in [5.74, 6) is 0.832. The van der Waals surface area contributed by atoms with Crippen molar-refractivity contribution in [2.45, 2.75) is 91.4 Å². The maximum absolute atomic E-state index is 5.90. The Kier molecular flexibility index (Phi) is 20.5. The van der Waals surface area contributed by atoms with E-state index in [4.69, 9.17) is 11.6 Å². The van der Waals surface area contributed by atoms with Gasteiger partial charge in [-0.1, -0.05) is 40.0 Å². The highest BCUT2D eigenvalue weighted by Gasteiger charge is 2.25. The molecule has 0 aliphatic heterocycles. The number of quaternary nitrogens is 1. The van der Waals surface area contributed by atoms with Crippen LogP contribution >= 0.6 is 11.6 Å². The zero-order valence-corrected chi connectivity index (χ0v) is 17.9. The first kappa shape index (κ1) is 25.0. The first-order valence-corrected chi connectivity index (χ1v) is 10.2. The van der Waals surface area contributed by atoms with Gasteiger partial charge in [-0.15, -0.1) is 11.6 Å². The molecule has 0 radical (unpaired) electrons. The van der Waals surface area contributed by atoms with Crippen molar-refractivity contribution in [2.24, 2.45) is 0 Å². The number of alkyl halides is 1. The molecule has 0 aromatic rings. The minimum Gasteiger partial charge on any atom is -1.00 e. The van der Waals surface area contributed by atoms with Crippen molar-refractivity contribution in [3.8, 4) is 0 Å². The maximum Gasteiger partial charge on any atom is 0.0787 e. The maximum atomic E-state index is 5.90. The van der Waals surface area contributed by atoms with Crippen LogP contribution in [0.4, 0.5) is 0 Å². The van der Waals surface area contributed by atoms with Gasteiger partial charge in [0.05, 0.1) is 26.2 Å². The summed E-state index contributed by atoms with van der Waals surface area (Å²) in [4.78, 5) is 0. The highest BCUT2D eigenvalue weighted by atomic mass is 79.9.